The fourth-order valence-corrected chi connectivity index (χ4v) is 3.80. The van der Waals surface area contributed by atoms with Crippen LogP contribution >= 0.6 is 23.1 Å². The molecule has 1 heterocycles. The fraction of sp³-hybridized carbons (Fsp3) is 0.429. The van der Waals surface area contributed by atoms with Crippen LogP contribution in [0.15, 0.2) is 22.5 Å². The molecule has 0 radical (unpaired) electrons. The molecular weight excluding hydrogens is 290 g/mol. The topological polar surface area (TPSA) is 68.0 Å². The lowest BCUT2D eigenvalue weighted by molar-refractivity contribution is -0.119. The van der Waals surface area contributed by atoms with Crippen LogP contribution in [0.2, 0.25) is 0 Å². The van der Waals surface area contributed by atoms with E-state index in [4.69, 9.17) is 5.73 Å². The van der Waals surface area contributed by atoms with Crippen LogP contribution < -0.4 is 11.1 Å². The molecule has 0 spiro atoms. The summed E-state index contributed by atoms with van der Waals surface area (Å²) in [5, 5.41) is 3.03. The number of hydrogen-bond acceptors (Lipinski definition) is 5. The second kappa shape index (κ2) is 6.95. The zero-order chi connectivity index (χ0) is 14.5. The molecule has 0 bridgehead atoms. The maximum atomic E-state index is 11.8. The van der Waals surface area contributed by atoms with Gasteiger partial charge in [-0.2, -0.15) is 0 Å². The monoisotopic (exact) mass is 309 g/mol. The van der Waals surface area contributed by atoms with E-state index in [1.807, 2.05) is 18.2 Å². The Bertz CT molecular complexity index is 593. The van der Waals surface area contributed by atoms with Crippen LogP contribution in [0.4, 0.5) is 5.69 Å². The lowest BCUT2D eigenvalue weighted by Crippen LogP contribution is -2.34. The van der Waals surface area contributed by atoms with E-state index in [2.05, 4.69) is 24.1 Å². The van der Waals surface area contributed by atoms with Gasteiger partial charge in [-0.1, -0.05) is 25.6 Å². The molecule has 3 N–H and O–H groups in total. The molecule has 0 atom stereocenters. The third-order valence-electron chi connectivity index (χ3n) is 3.07. The summed E-state index contributed by atoms with van der Waals surface area (Å²) < 4.78 is 1.97. The van der Waals surface area contributed by atoms with Crippen molar-refractivity contribution in [1.82, 2.24) is 10.3 Å². The molecule has 2 rings (SSSR count). The average molecular weight is 309 g/mol. The molecule has 0 aliphatic rings. The maximum absolute atomic E-state index is 11.8. The van der Waals surface area contributed by atoms with Crippen LogP contribution in [0, 0.1) is 0 Å². The molecule has 0 aliphatic carbocycles. The molecule has 20 heavy (non-hydrogen) atoms. The third-order valence-corrected chi connectivity index (χ3v) is 5.23. The lowest BCUT2D eigenvalue weighted by Gasteiger charge is -2.13. The van der Waals surface area contributed by atoms with Crippen molar-refractivity contribution in [2.45, 2.75) is 37.1 Å². The minimum absolute atomic E-state index is 0.0717. The summed E-state index contributed by atoms with van der Waals surface area (Å²) in [7, 11) is 0. The smallest absolute Gasteiger partial charge is 0.230 e. The Morgan fingerprint density at radius 2 is 2.20 bits per heavy atom. The number of carbonyl (C=O) groups is 1. The second-order valence-electron chi connectivity index (χ2n) is 4.58. The molecule has 6 heteroatoms. The van der Waals surface area contributed by atoms with Crippen LogP contribution in [0.5, 0.6) is 0 Å². The Kier molecular flexibility index (Phi) is 5.25. The van der Waals surface area contributed by atoms with Gasteiger partial charge in [-0.3, -0.25) is 4.79 Å². The molecule has 0 aliphatic heterocycles. The van der Waals surface area contributed by atoms with E-state index >= 15 is 0 Å². The number of nitrogen functional groups attached to an aromatic ring is 1. The van der Waals surface area contributed by atoms with E-state index in [0.717, 1.165) is 33.1 Å². The van der Waals surface area contributed by atoms with Gasteiger partial charge in [0.05, 0.1) is 16.0 Å². The Morgan fingerprint density at radius 3 is 2.90 bits per heavy atom. The predicted octanol–water partition coefficient (Wildman–Crippen LogP) is 3.28. The number of anilines is 1. The minimum Gasteiger partial charge on any atom is -0.399 e. The highest BCUT2D eigenvalue weighted by Gasteiger charge is 2.11. The summed E-state index contributed by atoms with van der Waals surface area (Å²) in [5.74, 6) is 0.480. The zero-order valence-corrected chi connectivity index (χ0v) is 13.3. The Labute approximate surface area is 127 Å². The number of rotatable bonds is 6. The van der Waals surface area contributed by atoms with Crippen LogP contribution in [0.3, 0.4) is 0 Å². The second-order valence-corrected chi connectivity index (χ2v) is 6.83. The molecule has 0 fully saturated rings. The lowest BCUT2D eigenvalue weighted by atomic mass is 10.2. The third kappa shape index (κ3) is 3.86. The first-order chi connectivity index (χ1) is 9.62. The number of aromatic nitrogens is 1. The van der Waals surface area contributed by atoms with E-state index in [9.17, 15) is 4.79 Å². The number of amides is 1. The number of hydrogen-bond donors (Lipinski definition) is 2. The quantitative estimate of drug-likeness (QED) is 0.635. The van der Waals surface area contributed by atoms with Gasteiger partial charge in [0.25, 0.3) is 0 Å². The number of nitrogens with zero attached hydrogens (tertiary/aromatic N) is 1. The maximum Gasteiger partial charge on any atom is 0.230 e. The van der Waals surface area contributed by atoms with Gasteiger partial charge < -0.3 is 11.1 Å². The van der Waals surface area contributed by atoms with Gasteiger partial charge in [0.2, 0.25) is 5.91 Å². The van der Waals surface area contributed by atoms with E-state index in [0.29, 0.717) is 5.75 Å². The van der Waals surface area contributed by atoms with Gasteiger partial charge in [-0.15, -0.1) is 11.3 Å². The predicted molar refractivity (Wildman–Crippen MR) is 87.3 cm³/mol. The SMILES string of the molecule is CCC(CC)NC(=O)CSc1nc2ccc(N)cc2s1. The van der Waals surface area contributed by atoms with Gasteiger partial charge in [0, 0.05) is 11.7 Å². The van der Waals surface area contributed by atoms with Crippen molar-refractivity contribution in [1.29, 1.82) is 0 Å². The van der Waals surface area contributed by atoms with Crippen molar-refractivity contribution >= 4 is 44.9 Å². The van der Waals surface area contributed by atoms with Crippen LogP contribution in [-0.2, 0) is 4.79 Å². The van der Waals surface area contributed by atoms with E-state index < -0.39 is 0 Å². The van der Waals surface area contributed by atoms with Crippen molar-refractivity contribution in [3.63, 3.8) is 0 Å². The fourth-order valence-electron chi connectivity index (χ4n) is 1.87. The minimum atomic E-state index is 0.0717. The largest absolute Gasteiger partial charge is 0.399 e. The highest BCUT2D eigenvalue weighted by Crippen LogP contribution is 2.30. The number of carbonyl (C=O) groups excluding carboxylic acids is 1. The Hall–Kier alpha value is -1.27. The molecule has 2 aromatic rings. The molecule has 1 amide bonds. The number of fused-ring (bicyclic) bond motifs is 1. The molecule has 4 nitrogen and oxygen atoms in total. The highest BCUT2D eigenvalue weighted by molar-refractivity contribution is 8.01. The van der Waals surface area contributed by atoms with Crippen molar-refractivity contribution < 1.29 is 4.79 Å². The van der Waals surface area contributed by atoms with Gasteiger partial charge >= 0.3 is 0 Å². The summed E-state index contributed by atoms with van der Waals surface area (Å²) in [5.41, 5.74) is 7.43. The van der Waals surface area contributed by atoms with Gasteiger partial charge in [-0.05, 0) is 31.0 Å². The molecule has 1 aromatic carbocycles. The van der Waals surface area contributed by atoms with Crippen molar-refractivity contribution in [2.24, 2.45) is 0 Å². The number of nitrogens with two attached hydrogens (primary N) is 1. The molecule has 1 aromatic heterocycles. The standard InChI is InChI=1S/C14H19N3OS2/c1-3-10(4-2)16-13(18)8-19-14-17-11-6-5-9(15)7-12(11)20-14/h5-7,10H,3-4,8,15H2,1-2H3,(H,16,18). The Morgan fingerprint density at radius 1 is 1.45 bits per heavy atom. The summed E-state index contributed by atoms with van der Waals surface area (Å²) >= 11 is 3.05. The molecule has 0 unspecified atom stereocenters. The van der Waals surface area contributed by atoms with Crippen molar-refractivity contribution in [2.75, 3.05) is 11.5 Å². The first-order valence-corrected chi connectivity index (χ1v) is 8.50. The van der Waals surface area contributed by atoms with Crippen molar-refractivity contribution in [3.05, 3.63) is 18.2 Å². The van der Waals surface area contributed by atoms with Gasteiger partial charge in [0.15, 0.2) is 4.34 Å². The van der Waals surface area contributed by atoms with Crippen LogP contribution in [0.25, 0.3) is 10.2 Å². The summed E-state index contributed by atoms with van der Waals surface area (Å²) in [6.45, 7) is 4.17. The molecule has 0 saturated heterocycles. The number of nitrogens with one attached hydrogen (secondary N) is 1. The first kappa shape index (κ1) is 15.1. The van der Waals surface area contributed by atoms with Crippen molar-refractivity contribution in [3.8, 4) is 0 Å². The highest BCUT2D eigenvalue weighted by atomic mass is 32.2. The number of benzene rings is 1. The normalized spacial score (nSPS) is 11.2. The Balaban J connectivity index is 1.93. The molecule has 108 valence electrons. The van der Waals surface area contributed by atoms with Crippen LogP contribution in [0.1, 0.15) is 26.7 Å². The summed E-state index contributed by atoms with van der Waals surface area (Å²) in [4.78, 5) is 16.3. The first-order valence-electron chi connectivity index (χ1n) is 6.70. The summed E-state index contributed by atoms with van der Waals surface area (Å²) in [6.07, 6.45) is 1.93. The molecule has 0 saturated carbocycles. The van der Waals surface area contributed by atoms with E-state index in [1.165, 1.54) is 11.8 Å². The van der Waals surface area contributed by atoms with Gasteiger partial charge in [0.1, 0.15) is 0 Å². The van der Waals surface area contributed by atoms with Gasteiger partial charge in [-0.25, -0.2) is 4.98 Å². The number of thiazole rings is 1. The average Bonchev–Trinajstić information content (AvgIpc) is 2.84. The molecular formula is C14H19N3OS2. The summed E-state index contributed by atoms with van der Waals surface area (Å²) in [6, 6.07) is 5.95. The van der Waals surface area contributed by atoms with E-state index in [1.54, 1.807) is 11.3 Å². The van der Waals surface area contributed by atoms with E-state index in [-0.39, 0.29) is 11.9 Å². The van der Waals surface area contributed by atoms with Crippen LogP contribution in [-0.4, -0.2) is 22.7 Å². The number of thioether (sulfide) groups is 1. The zero-order valence-electron chi connectivity index (χ0n) is 11.7.